The molecule has 0 bridgehead atoms. The molecule has 4 aromatic rings. The Morgan fingerprint density at radius 2 is 1.20 bits per heavy atom. The van der Waals surface area contributed by atoms with Crippen molar-refractivity contribution >= 4 is 49.5 Å². The molecule has 0 radical (unpaired) electrons. The number of rotatable bonds is 9. The van der Waals surface area contributed by atoms with Crippen molar-refractivity contribution in [3.05, 3.63) is 108 Å². The number of phenolic OH excluding ortho intramolecular Hbond substituents is 3. The molecule has 8 N–H and O–H groups in total. The molecule has 0 amide bonds. The molecule has 0 aliphatic rings. The van der Waals surface area contributed by atoms with E-state index in [-0.39, 0.29) is 28.2 Å². The Morgan fingerprint density at radius 1 is 0.636 bits per heavy atom. The fourth-order valence-electron chi connectivity index (χ4n) is 3.67. The van der Waals surface area contributed by atoms with E-state index in [1.54, 1.807) is 0 Å². The summed E-state index contributed by atoms with van der Waals surface area (Å²) in [5.41, 5.74) is 3.55. The lowest BCUT2D eigenvalue weighted by atomic mass is 10.1. The summed E-state index contributed by atoms with van der Waals surface area (Å²) < 4.78 is 68.0. The molecule has 18 heteroatoms. The summed E-state index contributed by atoms with van der Waals surface area (Å²) in [5, 5.41) is 32.2. The number of phenols is 3. The van der Waals surface area contributed by atoms with E-state index < -0.39 is 68.9 Å². The first-order valence-corrected chi connectivity index (χ1v) is 14.8. The van der Waals surface area contributed by atoms with Gasteiger partial charge in [-0.1, -0.05) is 24.3 Å². The number of hydrazine groups is 1. The fraction of sp³-hybridized carbons (Fsp3) is 0. The van der Waals surface area contributed by atoms with Crippen molar-refractivity contribution in [2.45, 2.75) is 9.79 Å². The van der Waals surface area contributed by atoms with Gasteiger partial charge in [0.2, 0.25) is 11.2 Å². The molecule has 0 aliphatic carbocycles. The number of benzene rings is 4. The minimum Gasteiger partial charge on any atom is -0.504 e. The van der Waals surface area contributed by atoms with Gasteiger partial charge in [0.25, 0.3) is 31.1 Å². The second kappa shape index (κ2) is 12.0. The van der Waals surface area contributed by atoms with Crippen LogP contribution in [0.1, 0.15) is 11.1 Å². The van der Waals surface area contributed by atoms with Crippen molar-refractivity contribution in [3.63, 3.8) is 0 Å². The van der Waals surface area contributed by atoms with Crippen LogP contribution in [0.2, 0.25) is 0 Å². The van der Waals surface area contributed by atoms with Gasteiger partial charge >= 0.3 is 0 Å². The zero-order valence-corrected chi connectivity index (χ0v) is 23.4. The monoisotopic (exact) mass is 644 g/mol. The largest absolute Gasteiger partial charge is 0.504 e. The van der Waals surface area contributed by atoms with Crippen molar-refractivity contribution in [2.75, 3.05) is 16.3 Å². The molecule has 0 spiro atoms. The lowest BCUT2D eigenvalue weighted by Gasteiger charge is -2.14. The first kappa shape index (κ1) is 31.4. The predicted octanol–water partition coefficient (Wildman–Crippen LogP) is 0.790. The molecule has 0 aliphatic heterocycles. The lowest BCUT2D eigenvalue weighted by molar-refractivity contribution is 0.369. The quantitative estimate of drug-likeness (QED) is 0.0312. The Bertz CT molecular complexity index is 2260. The van der Waals surface area contributed by atoms with E-state index in [0.29, 0.717) is 0 Å². The summed E-state index contributed by atoms with van der Waals surface area (Å²) >= 11 is 0. The van der Waals surface area contributed by atoms with Gasteiger partial charge in [-0.25, -0.2) is 0 Å². The molecule has 228 valence electrons. The van der Waals surface area contributed by atoms with Crippen LogP contribution in [0.25, 0.3) is 12.2 Å². The summed E-state index contributed by atoms with van der Waals surface area (Å²) in [4.78, 5) is 33.4. The Kier molecular flexibility index (Phi) is 8.54. The number of nitrogens with one attached hydrogen (secondary N) is 3. The van der Waals surface area contributed by atoms with Gasteiger partial charge in [-0.2, -0.15) is 21.9 Å². The second-order valence-electron chi connectivity index (χ2n) is 8.83. The molecule has 0 aromatic heterocycles. The van der Waals surface area contributed by atoms with Crippen molar-refractivity contribution in [1.82, 2.24) is 0 Å². The van der Waals surface area contributed by atoms with Gasteiger partial charge in [-0.3, -0.25) is 34.3 Å². The van der Waals surface area contributed by atoms with E-state index in [9.17, 15) is 55.6 Å². The third-order valence-corrected chi connectivity index (χ3v) is 7.68. The van der Waals surface area contributed by atoms with Crippen LogP contribution in [0.5, 0.6) is 17.2 Å². The average molecular weight is 645 g/mol. The van der Waals surface area contributed by atoms with Gasteiger partial charge in [-0.15, -0.1) is 0 Å². The van der Waals surface area contributed by atoms with E-state index in [0.717, 1.165) is 42.5 Å². The highest BCUT2D eigenvalue weighted by molar-refractivity contribution is 7.86. The summed E-state index contributed by atoms with van der Waals surface area (Å²) in [6, 6.07) is 11.1. The first-order chi connectivity index (χ1) is 20.6. The zero-order valence-electron chi connectivity index (χ0n) is 21.8. The third-order valence-electron chi connectivity index (χ3n) is 5.86. The topological polar surface area (TPSA) is 269 Å². The van der Waals surface area contributed by atoms with Crippen molar-refractivity contribution in [2.24, 2.45) is 5.10 Å². The summed E-state index contributed by atoms with van der Waals surface area (Å²) in [6.45, 7) is 0. The maximum atomic E-state index is 12.1. The average Bonchev–Trinajstić information content (AvgIpc) is 2.96. The van der Waals surface area contributed by atoms with Gasteiger partial charge in [0, 0.05) is 0 Å². The number of anilines is 3. The van der Waals surface area contributed by atoms with E-state index in [2.05, 4.69) is 21.4 Å². The molecule has 4 aromatic carbocycles. The lowest BCUT2D eigenvalue weighted by Crippen LogP contribution is -2.46. The Labute approximate surface area is 246 Å². The highest BCUT2D eigenvalue weighted by atomic mass is 32.2. The smallest absolute Gasteiger partial charge is 0.295 e. The van der Waals surface area contributed by atoms with Gasteiger partial charge in [0.05, 0.1) is 17.1 Å². The minimum absolute atomic E-state index is 0.0507. The van der Waals surface area contributed by atoms with Gasteiger partial charge in [0.1, 0.15) is 15.1 Å². The maximum absolute atomic E-state index is 12.1. The van der Waals surface area contributed by atoms with Crippen LogP contribution in [0.15, 0.2) is 89.9 Å². The second-order valence-corrected chi connectivity index (χ2v) is 11.6. The highest BCUT2D eigenvalue weighted by Gasteiger charge is 2.18. The first-order valence-electron chi connectivity index (χ1n) is 11.9. The molecule has 0 fully saturated rings. The third kappa shape index (κ3) is 6.90. The van der Waals surface area contributed by atoms with Crippen LogP contribution in [-0.2, 0) is 20.2 Å². The predicted molar refractivity (Wildman–Crippen MR) is 157 cm³/mol. The highest BCUT2D eigenvalue weighted by Crippen LogP contribution is 2.40. The molecule has 0 unspecified atom stereocenters. The fourth-order valence-corrected chi connectivity index (χ4v) is 5.09. The van der Waals surface area contributed by atoms with E-state index in [4.69, 9.17) is 0 Å². The molecule has 16 nitrogen and oxygen atoms in total. The Hall–Kier alpha value is -5.56. The summed E-state index contributed by atoms with van der Waals surface area (Å²) in [6.07, 6.45) is 2.26. The summed E-state index contributed by atoms with van der Waals surface area (Å²) in [5.74, 6) is -2.09. The van der Waals surface area contributed by atoms with Crippen molar-refractivity contribution < 1.29 is 41.3 Å². The maximum Gasteiger partial charge on any atom is 0.295 e. The number of hydrogen-bond acceptors (Lipinski definition) is 14. The SMILES string of the molecule is O=c1cc/c(=N\Nc2ccc(/C=C/c3ccc(NNc4ccc(O)c(O)c4O)cc3S(=O)(=O)O)c(S(=O)(=O)O)c2)c(=O)c1=O. The van der Waals surface area contributed by atoms with Crippen LogP contribution in [0, 0.1) is 0 Å². The Morgan fingerprint density at radius 3 is 1.80 bits per heavy atom. The van der Waals surface area contributed by atoms with Crippen molar-refractivity contribution in [3.8, 4) is 17.2 Å². The van der Waals surface area contributed by atoms with Crippen molar-refractivity contribution in [1.29, 1.82) is 0 Å². The number of aromatic hydroxyl groups is 3. The van der Waals surface area contributed by atoms with Crippen LogP contribution < -0.4 is 37.9 Å². The summed E-state index contributed by atoms with van der Waals surface area (Å²) in [7, 11) is -9.73. The normalized spacial score (nSPS) is 12.4. The molecule has 4 rings (SSSR count). The molecular weight excluding hydrogens is 624 g/mol. The van der Waals surface area contributed by atoms with Gasteiger partial charge < -0.3 is 20.7 Å². The Balaban J connectivity index is 1.65. The molecule has 0 heterocycles. The van der Waals surface area contributed by atoms with Crippen LogP contribution in [-0.4, -0.2) is 41.3 Å². The van der Waals surface area contributed by atoms with E-state index >= 15 is 0 Å². The van der Waals surface area contributed by atoms with Crippen LogP contribution >= 0.6 is 0 Å². The minimum atomic E-state index is -4.88. The number of nitrogens with zero attached hydrogens (tertiary/aromatic N) is 1. The molecular formula is C26H20N4O12S2. The molecule has 0 saturated heterocycles. The molecule has 0 saturated carbocycles. The van der Waals surface area contributed by atoms with E-state index in [1.165, 1.54) is 30.3 Å². The van der Waals surface area contributed by atoms with E-state index in [1.807, 2.05) is 0 Å². The molecule has 0 atom stereocenters. The number of hydrogen-bond donors (Lipinski definition) is 8. The zero-order chi connectivity index (χ0) is 32.4. The van der Waals surface area contributed by atoms with Gasteiger partial charge in [-0.05, 0) is 59.7 Å². The van der Waals surface area contributed by atoms with Crippen LogP contribution in [0.3, 0.4) is 0 Å². The van der Waals surface area contributed by atoms with Gasteiger partial charge in [0.15, 0.2) is 11.5 Å². The molecule has 44 heavy (non-hydrogen) atoms. The standard InChI is InChI=1S/C26H20N4O12S2/c31-19-9-7-17(23(33)25(19)35)29-27-15-5-3-13(21(11-15)43(37,38)39)1-2-14-4-6-16(12-22(14)44(40,41)42)28-30-18-8-10-20(32)26(36)24(18)34/h1-12,27-29,31,33,35H,(H,37,38,39)(H,40,41,42)/b2-1+,30-18+. The van der Waals surface area contributed by atoms with Crippen LogP contribution in [0.4, 0.5) is 17.1 Å².